The maximum absolute atomic E-state index is 13.3. The first-order valence-corrected chi connectivity index (χ1v) is 4.41. The van der Waals surface area contributed by atoms with Crippen molar-refractivity contribution in [3.8, 4) is 11.1 Å². The van der Waals surface area contributed by atoms with E-state index in [9.17, 15) is 8.78 Å². The fourth-order valence-corrected chi connectivity index (χ4v) is 1.29. The molecule has 2 aromatic rings. The van der Waals surface area contributed by atoms with Crippen molar-refractivity contribution in [2.24, 2.45) is 0 Å². The van der Waals surface area contributed by atoms with Gasteiger partial charge in [-0.3, -0.25) is 4.98 Å². The van der Waals surface area contributed by atoms with Gasteiger partial charge in [0.25, 0.3) is 0 Å². The molecule has 0 aliphatic carbocycles. The summed E-state index contributed by atoms with van der Waals surface area (Å²) in [6.45, 7) is 1.81. The maximum Gasteiger partial charge on any atom is 0.223 e. The van der Waals surface area contributed by atoms with Crippen molar-refractivity contribution in [2.45, 2.75) is 6.92 Å². The number of aromatic nitrogens is 2. The molecule has 0 N–H and O–H groups in total. The lowest BCUT2D eigenvalue weighted by atomic mass is 10.1. The highest BCUT2D eigenvalue weighted by Crippen LogP contribution is 2.23. The first-order chi connectivity index (χ1) is 7.18. The van der Waals surface area contributed by atoms with Gasteiger partial charge in [0.15, 0.2) is 0 Å². The molecule has 0 saturated heterocycles. The van der Waals surface area contributed by atoms with Crippen LogP contribution in [-0.2, 0) is 0 Å². The van der Waals surface area contributed by atoms with Crippen LogP contribution in [0.5, 0.6) is 0 Å². The SMILES string of the molecule is Cc1ccc(-c2c(F)ccnc2F)cn1. The Kier molecular flexibility index (Phi) is 2.41. The van der Waals surface area contributed by atoms with E-state index in [1.54, 1.807) is 19.1 Å². The molecule has 2 aromatic heterocycles. The van der Waals surface area contributed by atoms with Crippen LogP contribution in [0.4, 0.5) is 8.78 Å². The minimum Gasteiger partial charge on any atom is -0.261 e. The van der Waals surface area contributed by atoms with Gasteiger partial charge in [-0.25, -0.2) is 9.37 Å². The third-order valence-corrected chi connectivity index (χ3v) is 2.05. The van der Waals surface area contributed by atoms with Crippen LogP contribution >= 0.6 is 0 Å². The van der Waals surface area contributed by atoms with Gasteiger partial charge in [-0.2, -0.15) is 4.39 Å². The molecule has 0 radical (unpaired) electrons. The number of rotatable bonds is 1. The smallest absolute Gasteiger partial charge is 0.223 e. The zero-order valence-corrected chi connectivity index (χ0v) is 8.04. The summed E-state index contributed by atoms with van der Waals surface area (Å²) in [4.78, 5) is 7.38. The lowest BCUT2D eigenvalue weighted by molar-refractivity contribution is 0.558. The molecule has 15 heavy (non-hydrogen) atoms. The highest BCUT2D eigenvalue weighted by atomic mass is 19.1. The van der Waals surface area contributed by atoms with Crippen molar-refractivity contribution in [3.63, 3.8) is 0 Å². The third-order valence-electron chi connectivity index (χ3n) is 2.05. The molecule has 0 aliphatic rings. The summed E-state index contributed by atoms with van der Waals surface area (Å²) in [5, 5.41) is 0. The van der Waals surface area contributed by atoms with E-state index in [-0.39, 0.29) is 5.56 Å². The van der Waals surface area contributed by atoms with Crippen LogP contribution in [0.2, 0.25) is 0 Å². The van der Waals surface area contributed by atoms with E-state index < -0.39 is 11.8 Å². The summed E-state index contributed by atoms with van der Waals surface area (Å²) >= 11 is 0. The minimum absolute atomic E-state index is 0.134. The predicted molar refractivity (Wildman–Crippen MR) is 52.1 cm³/mol. The molecular formula is C11H8F2N2. The number of hydrogen-bond acceptors (Lipinski definition) is 2. The van der Waals surface area contributed by atoms with Gasteiger partial charge < -0.3 is 0 Å². The van der Waals surface area contributed by atoms with Gasteiger partial charge in [-0.1, -0.05) is 6.07 Å². The number of aryl methyl sites for hydroxylation is 1. The minimum atomic E-state index is -0.819. The van der Waals surface area contributed by atoms with Gasteiger partial charge in [0, 0.05) is 23.7 Å². The number of halogens is 2. The Bertz CT molecular complexity index is 460. The number of pyridine rings is 2. The molecule has 0 amide bonds. The van der Waals surface area contributed by atoms with Gasteiger partial charge in [0.2, 0.25) is 5.95 Å². The van der Waals surface area contributed by atoms with E-state index in [0.29, 0.717) is 5.56 Å². The molecule has 0 saturated carbocycles. The molecule has 0 atom stereocenters. The van der Waals surface area contributed by atoms with Crippen LogP contribution in [0.15, 0.2) is 30.6 Å². The molecule has 0 spiro atoms. The monoisotopic (exact) mass is 206 g/mol. The van der Waals surface area contributed by atoms with Crippen LogP contribution in [0.3, 0.4) is 0 Å². The summed E-state index contributed by atoms with van der Waals surface area (Å²) in [5.74, 6) is -1.45. The molecule has 2 rings (SSSR count). The normalized spacial score (nSPS) is 10.3. The Morgan fingerprint density at radius 3 is 2.47 bits per heavy atom. The first-order valence-electron chi connectivity index (χ1n) is 4.41. The zero-order chi connectivity index (χ0) is 10.8. The highest BCUT2D eigenvalue weighted by Gasteiger charge is 2.11. The Hall–Kier alpha value is -1.84. The second-order valence-corrected chi connectivity index (χ2v) is 3.15. The van der Waals surface area contributed by atoms with E-state index in [2.05, 4.69) is 9.97 Å². The van der Waals surface area contributed by atoms with E-state index in [1.807, 2.05) is 0 Å². The number of hydrogen-bond donors (Lipinski definition) is 0. The Labute approximate surface area is 85.6 Å². The van der Waals surface area contributed by atoms with Gasteiger partial charge in [0.05, 0.1) is 5.56 Å². The topological polar surface area (TPSA) is 25.8 Å². The molecule has 0 fully saturated rings. The van der Waals surface area contributed by atoms with Crippen molar-refractivity contribution >= 4 is 0 Å². The van der Waals surface area contributed by atoms with Gasteiger partial charge in [-0.05, 0) is 19.1 Å². The van der Waals surface area contributed by atoms with Crippen molar-refractivity contribution in [1.29, 1.82) is 0 Å². The standard InChI is InChI=1S/C11H8F2N2/c1-7-2-3-8(6-15-7)10-9(12)4-5-14-11(10)13/h2-6H,1H3. The van der Waals surface area contributed by atoms with E-state index >= 15 is 0 Å². The molecule has 4 heteroatoms. The molecule has 0 unspecified atom stereocenters. The summed E-state index contributed by atoms with van der Waals surface area (Å²) in [6.07, 6.45) is 2.52. The van der Waals surface area contributed by atoms with Crippen LogP contribution < -0.4 is 0 Å². The second-order valence-electron chi connectivity index (χ2n) is 3.15. The lowest BCUT2D eigenvalue weighted by Crippen LogP contribution is -1.93. The Balaban J connectivity index is 2.58. The quantitative estimate of drug-likeness (QED) is 0.670. The zero-order valence-electron chi connectivity index (χ0n) is 8.04. The molecule has 0 bridgehead atoms. The summed E-state index contributed by atoms with van der Waals surface area (Å²) in [5.41, 5.74) is 1.05. The predicted octanol–water partition coefficient (Wildman–Crippen LogP) is 2.73. The Morgan fingerprint density at radius 1 is 1.07 bits per heavy atom. The molecule has 2 nitrogen and oxygen atoms in total. The van der Waals surface area contributed by atoms with Gasteiger partial charge in [0.1, 0.15) is 5.82 Å². The molecule has 0 aliphatic heterocycles. The van der Waals surface area contributed by atoms with Crippen LogP contribution in [0.25, 0.3) is 11.1 Å². The van der Waals surface area contributed by atoms with E-state index in [0.717, 1.165) is 18.0 Å². The molecular weight excluding hydrogens is 198 g/mol. The van der Waals surface area contributed by atoms with Crippen LogP contribution in [0, 0.1) is 18.7 Å². The number of nitrogens with zero attached hydrogens (tertiary/aromatic N) is 2. The van der Waals surface area contributed by atoms with Crippen molar-refractivity contribution in [1.82, 2.24) is 9.97 Å². The lowest BCUT2D eigenvalue weighted by Gasteiger charge is -2.03. The molecule has 0 aromatic carbocycles. The Morgan fingerprint density at radius 2 is 1.87 bits per heavy atom. The van der Waals surface area contributed by atoms with Crippen LogP contribution in [-0.4, -0.2) is 9.97 Å². The molecule has 76 valence electrons. The first kappa shape index (κ1) is 9.71. The summed E-state index contributed by atoms with van der Waals surface area (Å²) in [7, 11) is 0. The average molecular weight is 206 g/mol. The third kappa shape index (κ3) is 1.83. The average Bonchev–Trinajstić information content (AvgIpc) is 2.20. The molecule has 2 heterocycles. The highest BCUT2D eigenvalue weighted by molar-refractivity contribution is 5.62. The van der Waals surface area contributed by atoms with Crippen molar-refractivity contribution in [2.75, 3.05) is 0 Å². The van der Waals surface area contributed by atoms with Crippen LogP contribution in [0.1, 0.15) is 5.69 Å². The largest absolute Gasteiger partial charge is 0.261 e. The fraction of sp³-hybridized carbons (Fsp3) is 0.0909. The van der Waals surface area contributed by atoms with Gasteiger partial charge >= 0.3 is 0 Å². The van der Waals surface area contributed by atoms with E-state index in [1.165, 1.54) is 6.20 Å². The fourth-order valence-electron chi connectivity index (χ4n) is 1.29. The second kappa shape index (κ2) is 3.73. The van der Waals surface area contributed by atoms with E-state index in [4.69, 9.17) is 0 Å². The van der Waals surface area contributed by atoms with Crippen molar-refractivity contribution in [3.05, 3.63) is 48.1 Å². The van der Waals surface area contributed by atoms with Gasteiger partial charge in [-0.15, -0.1) is 0 Å². The maximum atomic E-state index is 13.3. The summed E-state index contributed by atoms with van der Waals surface area (Å²) in [6, 6.07) is 4.44. The summed E-state index contributed by atoms with van der Waals surface area (Å²) < 4.78 is 26.6. The van der Waals surface area contributed by atoms with Crippen molar-refractivity contribution < 1.29 is 8.78 Å².